The number of hydrogen-bond acceptors (Lipinski definition) is 2. The van der Waals surface area contributed by atoms with E-state index < -0.39 is 0 Å². The standard InChI is InChI=1S/C11H19N3/c1-8(2)14-11-5-6-13(4)7-10(11)9(3)12-14/h8H,5-7H2,1-4H3. The Morgan fingerprint density at radius 2 is 2.07 bits per heavy atom. The van der Waals surface area contributed by atoms with Gasteiger partial charge in [-0.2, -0.15) is 5.10 Å². The molecule has 0 fully saturated rings. The van der Waals surface area contributed by atoms with Gasteiger partial charge in [0, 0.05) is 36.8 Å². The fourth-order valence-corrected chi connectivity index (χ4v) is 2.17. The summed E-state index contributed by atoms with van der Waals surface area (Å²) in [4.78, 5) is 2.36. The van der Waals surface area contributed by atoms with E-state index in [0.717, 1.165) is 19.5 Å². The Morgan fingerprint density at radius 1 is 1.36 bits per heavy atom. The summed E-state index contributed by atoms with van der Waals surface area (Å²) in [6.07, 6.45) is 1.14. The van der Waals surface area contributed by atoms with E-state index in [1.165, 1.54) is 17.0 Å². The Hall–Kier alpha value is -0.830. The molecule has 3 heteroatoms. The lowest BCUT2D eigenvalue weighted by Crippen LogP contribution is -2.27. The summed E-state index contributed by atoms with van der Waals surface area (Å²) in [5, 5.41) is 4.62. The monoisotopic (exact) mass is 193 g/mol. The predicted octanol–water partition coefficient (Wildman–Crippen LogP) is 1.76. The molecule has 0 N–H and O–H groups in total. The molecular weight excluding hydrogens is 174 g/mol. The lowest BCUT2D eigenvalue weighted by atomic mass is 10.1. The van der Waals surface area contributed by atoms with Crippen LogP contribution in [-0.4, -0.2) is 28.3 Å². The van der Waals surface area contributed by atoms with Gasteiger partial charge in [-0.15, -0.1) is 0 Å². The van der Waals surface area contributed by atoms with Gasteiger partial charge in [0.25, 0.3) is 0 Å². The van der Waals surface area contributed by atoms with Gasteiger partial charge in [0.2, 0.25) is 0 Å². The lowest BCUT2D eigenvalue weighted by molar-refractivity contribution is 0.305. The fraction of sp³-hybridized carbons (Fsp3) is 0.727. The minimum atomic E-state index is 0.487. The van der Waals surface area contributed by atoms with Crippen LogP contribution in [0.1, 0.15) is 36.8 Å². The molecule has 3 nitrogen and oxygen atoms in total. The molecule has 2 heterocycles. The van der Waals surface area contributed by atoms with Gasteiger partial charge in [-0.25, -0.2) is 0 Å². The van der Waals surface area contributed by atoms with E-state index in [-0.39, 0.29) is 0 Å². The maximum atomic E-state index is 4.62. The zero-order valence-electron chi connectivity index (χ0n) is 9.54. The first-order valence-electron chi connectivity index (χ1n) is 5.35. The zero-order chi connectivity index (χ0) is 10.3. The highest BCUT2D eigenvalue weighted by Crippen LogP contribution is 2.23. The van der Waals surface area contributed by atoms with Gasteiger partial charge >= 0.3 is 0 Å². The van der Waals surface area contributed by atoms with Gasteiger partial charge in [0.15, 0.2) is 0 Å². The molecule has 0 unspecified atom stereocenters. The van der Waals surface area contributed by atoms with Crippen molar-refractivity contribution in [2.24, 2.45) is 0 Å². The molecule has 2 rings (SSSR count). The Labute approximate surface area is 85.7 Å². The molecule has 0 amide bonds. The first-order chi connectivity index (χ1) is 6.59. The molecule has 0 aromatic carbocycles. The number of nitrogens with zero attached hydrogens (tertiary/aromatic N) is 3. The molecule has 78 valence electrons. The van der Waals surface area contributed by atoms with Crippen molar-refractivity contribution in [2.75, 3.05) is 13.6 Å². The van der Waals surface area contributed by atoms with Crippen LogP contribution in [0.2, 0.25) is 0 Å². The predicted molar refractivity (Wildman–Crippen MR) is 57.4 cm³/mol. The second kappa shape index (κ2) is 3.39. The fourth-order valence-electron chi connectivity index (χ4n) is 2.17. The smallest absolute Gasteiger partial charge is 0.0641 e. The molecule has 0 saturated heterocycles. The van der Waals surface area contributed by atoms with E-state index >= 15 is 0 Å². The highest BCUT2D eigenvalue weighted by Gasteiger charge is 2.21. The number of aryl methyl sites for hydroxylation is 1. The van der Waals surface area contributed by atoms with Crippen molar-refractivity contribution < 1.29 is 0 Å². The molecule has 0 radical (unpaired) electrons. The largest absolute Gasteiger partial charge is 0.302 e. The molecule has 0 saturated carbocycles. The second-order valence-corrected chi connectivity index (χ2v) is 4.54. The second-order valence-electron chi connectivity index (χ2n) is 4.54. The average Bonchev–Trinajstić information content (AvgIpc) is 2.44. The van der Waals surface area contributed by atoms with Crippen LogP contribution in [0.15, 0.2) is 0 Å². The van der Waals surface area contributed by atoms with Gasteiger partial charge in [0.05, 0.1) is 5.69 Å². The SMILES string of the molecule is Cc1nn(C(C)C)c2c1CN(C)CC2. The summed E-state index contributed by atoms with van der Waals surface area (Å²) in [7, 11) is 2.18. The Morgan fingerprint density at radius 3 is 2.71 bits per heavy atom. The minimum Gasteiger partial charge on any atom is -0.302 e. The van der Waals surface area contributed by atoms with Crippen molar-refractivity contribution in [3.63, 3.8) is 0 Å². The van der Waals surface area contributed by atoms with Gasteiger partial charge < -0.3 is 4.90 Å². The normalized spacial score (nSPS) is 17.5. The third-order valence-electron chi connectivity index (χ3n) is 2.97. The van der Waals surface area contributed by atoms with Crippen molar-refractivity contribution in [2.45, 2.75) is 39.8 Å². The van der Waals surface area contributed by atoms with E-state index in [9.17, 15) is 0 Å². The van der Waals surface area contributed by atoms with Gasteiger partial charge in [-0.1, -0.05) is 0 Å². The van der Waals surface area contributed by atoms with Gasteiger partial charge in [-0.05, 0) is 27.8 Å². The third-order valence-corrected chi connectivity index (χ3v) is 2.97. The molecule has 14 heavy (non-hydrogen) atoms. The van der Waals surface area contributed by atoms with E-state index in [1.807, 2.05) is 0 Å². The molecule has 0 atom stereocenters. The lowest BCUT2D eigenvalue weighted by Gasteiger charge is -2.24. The number of rotatable bonds is 1. The minimum absolute atomic E-state index is 0.487. The quantitative estimate of drug-likeness (QED) is 0.677. The van der Waals surface area contributed by atoms with E-state index in [1.54, 1.807) is 0 Å². The Bertz CT molecular complexity index is 339. The molecule has 1 aliphatic heterocycles. The summed E-state index contributed by atoms with van der Waals surface area (Å²) in [6, 6.07) is 0.487. The Balaban J connectivity index is 2.44. The summed E-state index contributed by atoms with van der Waals surface area (Å²) < 4.78 is 2.19. The van der Waals surface area contributed by atoms with Crippen molar-refractivity contribution >= 4 is 0 Å². The van der Waals surface area contributed by atoms with Crippen LogP contribution in [0.25, 0.3) is 0 Å². The topological polar surface area (TPSA) is 21.1 Å². The molecule has 1 aliphatic rings. The van der Waals surface area contributed by atoms with Crippen LogP contribution in [0.3, 0.4) is 0 Å². The summed E-state index contributed by atoms with van der Waals surface area (Å²) in [5.74, 6) is 0. The van der Waals surface area contributed by atoms with Crippen LogP contribution < -0.4 is 0 Å². The highest BCUT2D eigenvalue weighted by atomic mass is 15.3. The van der Waals surface area contributed by atoms with Gasteiger partial charge in [0.1, 0.15) is 0 Å². The molecular formula is C11H19N3. The maximum Gasteiger partial charge on any atom is 0.0641 e. The highest BCUT2D eigenvalue weighted by molar-refractivity contribution is 5.28. The summed E-state index contributed by atoms with van der Waals surface area (Å²) >= 11 is 0. The van der Waals surface area contributed by atoms with Crippen molar-refractivity contribution in [1.29, 1.82) is 0 Å². The van der Waals surface area contributed by atoms with Crippen LogP contribution in [-0.2, 0) is 13.0 Å². The third kappa shape index (κ3) is 1.46. The Kier molecular flexibility index (Phi) is 2.35. The molecule has 0 bridgehead atoms. The van der Waals surface area contributed by atoms with E-state index in [4.69, 9.17) is 0 Å². The number of aromatic nitrogens is 2. The molecule has 1 aromatic heterocycles. The number of likely N-dealkylation sites (N-methyl/N-ethyl adjacent to an activating group) is 1. The van der Waals surface area contributed by atoms with Crippen LogP contribution in [0, 0.1) is 6.92 Å². The van der Waals surface area contributed by atoms with Crippen LogP contribution >= 0.6 is 0 Å². The van der Waals surface area contributed by atoms with Gasteiger partial charge in [-0.3, -0.25) is 4.68 Å². The molecule has 0 spiro atoms. The first-order valence-corrected chi connectivity index (χ1v) is 5.35. The maximum absolute atomic E-state index is 4.62. The van der Waals surface area contributed by atoms with Crippen molar-refractivity contribution in [3.05, 3.63) is 17.0 Å². The van der Waals surface area contributed by atoms with Crippen molar-refractivity contribution in [3.8, 4) is 0 Å². The van der Waals surface area contributed by atoms with Crippen molar-refractivity contribution in [1.82, 2.24) is 14.7 Å². The molecule has 0 aliphatic carbocycles. The van der Waals surface area contributed by atoms with Crippen LogP contribution in [0.5, 0.6) is 0 Å². The van der Waals surface area contributed by atoms with E-state index in [0.29, 0.717) is 6.04 Å². The summed E-state index contributed by atoms with van der Waals surface area (Å²) in [6.45, 7) is 8.74. The van der Waals surface area contributed by atoms with Crippen LogP contribution in [0.4, 0.5) is 0 Å². The average molecular weight is 193 g/mol. The number of hydrogen-bond donors (Lipinski definition) is 0. The number of fused-ring (bicyclic) bond motifs is 1. The molecule has 1 aromatic rings. The first kappa shape index (κ1) is 9.71. The van der Waals surface area contributed by atoms with E-state index in [2.05, 4.69) is 42.5 Å². The summed E-state index contributed by atoms with van der Waals surface area (Å²) in [5.41, 5.74) is 4.11. The zero-order valence-corrected chi connectivity index (χ0v) is 9.54.